The summed E-state index contributed by atoms with van der Waals surface area (Å²) in [5.41, 5.74) is 5.50. The van der Waals surface area contributed by atoms with E-state index in [-0.39, 0.29) is 23.8 Å². The first-order valence-electron chi connectivity index (χ1n) is 4.75. The number of aromatic nitrogens is 2. The van der Waals surface area contributed by atoms with Gasteiger partial charge in [0.25, 0.3) is 0 Å². The average molecular weight is 259 g/mol. The van der Waals surface area contributed by atoms with E-state index < -0.39 is 17.9 Å². The smallest absolute Gasteiger partial charge is 0.303 e. The third kappa shape index (κ3) is 4.75. The highest BCUT2D eigenvalue weighted by atomic mass is 35.5. The molecule has 0 bridgehead atoms. The van der Waals surface area contributed by atoms with E-state index in [1.54, 1.807) is 0 Å². The summed E-state index contributed by atoms with van der Waals surface area (Å²) in [5, 5.41) is 11.0. The highest BCUT2D eigenvalue weighted by molar-refractivity contribution is 6.29. The Morgan fingerprint density at radius 1 is 1.53 bits per heavy atom. The monoisotopic (exact) mass is 258 g/mol. The second-order valence-corrected chi connectivity index (χ2v) is 3.64. The number of carboxylic acid groups (broad SMARTS) is 1. The summed E-state index contributed by atoms with van der Waals surface area (Å²) in [6, 6.07) is 0.462. The van der Waals surface area contributed by atoms with Crippen LogP contribution in [-0.4, -0.2) is 33.0 Å². The number of nitrogens with one attached hydrogen (secondary N) is 1. The van der Waals surface area contributed by atoms with E-state index in [2.05, 4.69) is 15.3 Å². The molecule has 0 aliphatic carbocycles. The molecule has 0 aliphatic heterocycles. The lowest BCUT2D eigenvalue weighted by molar-refractivity contribution is -0.137. The molecule has 0 saturated carbocycles. The Labute approximate surface area is 102 Å². The minimum Gasteiger partial charge on any atom is -0.481 e. The molecule has 0 radical (unpaired) electrons. The van der Waals surface area contributed by atoms with Crippen molar-refractivity contribution in [3.63, 3.8) is 0 Å². The summed E-state index contributed by atoms with van der Waals surface area (Å²) in [5.74, 6) is -1.29. The first-order valence-corrected chi connectivity index (χ1v) is 5.12. The number of carbonyl (C=O) groups excluding carboxylic acids is 1. The zero-order valence-electron chi connectivity index (χ0n) is 8.76. The molecule has 4 N–H and O–H groups in total. The lowest BCUT2D eigenvalue weighted by atomic mass is 10.1. The molecular formula is C9H11ClN4O3. The van der Waals surface area contributed by atoms with E-state index in [1.807, 2.05) is 0 Å². The summed E-state index contributed by atoms with van der Waals surface area (Å²) in [6.07, 6.45) is 1.08. The van der Waals surface area contributed by atoms with Gasteiger partial charge in [0, 0.05) is 12.5 Å². The number of nitrogens with two attached hydrogens (primary N) is 1. The van der Waals surface area contributed by atoms with Crippen LogP contribution >= 0.6 is 11.6 Å². The van der Waals surface area contributed by atoms with Gasteiger partial charge in [-0.3, -0.25) is 9.59 Å². The van der Waals surface area contributed by atoms with Crippen LogP contribution in [0.25, 0.3) is 0 Å². The first-order chi connectivity index (χ1) is 7.99. The molecular weight excluding hydrogens is 248 g/mol. The lowest BCUT2D eigenvalue weighted by Crippen LogP contribution is -2.36. The normalized spacial score (nSPS) is 11.9. The minimum atomic E-state index is -1.00. The molecule has 0 saturated heterocycles. The number of amides is 1. The second-order valence-electron chi connectivity index (χ2n) is 3.25. The van der Waals surface area contributed by atoms with Crippen molar-refractivity contribution in [1.82, 2.24) is 9.97 Å². The molecule has 1 amide bonds. The Kier molecular flexibility index (Phi) is 4.80. The summed E-state index contributed by atoms with van der Waals surface area (Å²) in [6.45, 7) is 0. The molecule has 92 valence electrons. The topological polar surface area (TPSA) is 118 Å². The highest BCUT2D eigenvalue weighted by Gasteiger charge is 2.15. The van der Waals surface area contributed by atoms with Gasteiger partial charge in [-0.2, -0.15) is 0 Å². The van der Waals surface area contributed by atoms with Crippen LogP contribution < -0.4 is 11.1 Å². The second kappa shape index (κ2) is 6.12. The largest absolute Gasteiger partial charge is 0.481 e. The summed E-state index contributed by atoms with van der Waals surface area (Å²) in [7, 11) is 0. The van der Waals surface area contributed by atoms with Crippen LogP contribution in [-0.2, 0) is 9.59 Å². The van der Waals surface area contributed by atoms with Gasteiger partial charge in [-0.25, -0.2) is 9.97 Å². The van der Waals surface area contributed by atoms with Gasteiger partial charge >= 0.3 is 5.97 Å². The van der Waals surface area contributed by atoms with Gasteiger partial charge in [-0.15, -0.1) is 0 Å². The van der Waals surface area contributed by atoms with E-state index >= 15 is 0 Å². The third-order valence-corrected chi connectivity index (χ3v) is 2.10. The van der Waals surface area contributed by atoms with Crippen molar-refractivity contribution in [1.29, 1.82) is 0 Å². The molecule has 0 fully saturated rings. The molecule has 0 spiro atoms. The maximum absolute atomic E-state index is 11.5. The fourth-order valence-corrected chi connectivity index (χ4v) is 1.18. The standard InChI is InChI=1S/C9H11ClN4O3/c10-6-3-7(13-4-12-6)14-9(17)5(11)1-2-8(15)16/h3-5H,1-2,11H2,(H,15,16)(H,12,13,14,17). The average Bonchev–Trinajstić information content (AvgIpc) is 2.25. The number of hydrogen-bond donors (Lipinski definition) is 3. The van der Waals surface area contributed by atoms with Crippen molar-refractivity contribution >= 4 is 29.3 Å². The highest BCUT2D eigenvalue weighted by Crippen LogP contribution is 2.09. The van der Waals surface area contributed by atoms with Gasteiger partial charge in [0.05, 0.1) is 6.04 Å². The van der Waals surface area contributed by atoms with E-state index in [1.165, 1.54) is 12.4 Å². The fraction of sp³-hybridized carbons (Fsp3) is 0.333. The van der Waals surface area contributed by atoms with Gasteiger partial charge < -0.3 is 16.2 Å². The van der Waals surface area contributed by atoms with Crippen molar-refractivity contribution in [2.75, 3.05) is 5.32 Å². The number of carbonyl (C=O) groups is 2. The number of aliphatic carboxylic acids is 1. The Morgan fingerprint density at radius 3 is 2.82 bits per heavy atom. The Balaban J connectivity index is 2.51. The third-order valence-electron chi connectivity index (χ3n) is 1.89. The molecule has 1 aromatic rings. The van der Waals surface area contributed by atoms with Crippen molar-refractivity contribution in [3.8, 4) is 0 Å². The summed E-state index contributed by atoms with van der Waals surface area (Å²) < 4.78 is 0. The molecule has 7 nitrogen and oxygen atoms in total. The zero-order chi connectivity index (χ0) is 12.8. The zero-order valence-corrected chi connectivity index (χ0v) is 9.52. The van der Waals surface area contributed by atoms with E-state index in [0.29, 0.717) is 0 Å². The molecule has 17 heavy (non-hydrogen) atoms. The summed E-state index contributed by atoms with van der Waals surface area (Å²) >= 11 is 5.60. The van der Waals surface area contributed by atoms with E-state index in [4.69, 9.17) is 22.4 Å². The van der Waals surface area contributed by atoms with Crippen LogP contribution in [0.15, 0.2) is 12.4 Å². The van der Waals surface area contributed by atoms with Crippen molar-refractivity contribution < 1.29 is 14.7 Å². The molecule has 1 rings (SSSR count). The Bertz CT molecular complexity index is 426. The molecule has 0 aromatic carbocycles. The number of halogens is 1. The maximum atomic E-state index is 11.5. The lowest BCUT2D eigenvalue weighted by Gasteiger charge is -2.10. The van der Waals surface area contributed by atoms with Crippen LogP contribution in [0.3, 0.4) is 0 Å². The minimum absolute atomic E-state index is 0.0555. The number of anilines is 1. The van der Waals surface area contributed by atoms with Gasteiger partial charge in [-0.1, -0.05) is 11.6 Å². The maximum Gasteiger partial charge on any atom is 0.303 e. The molecule has 8 heteroatoms. The summed E-state index contributed by atoms with van der Waals surface area (Å²) in [4.78, 5) is 29.2. The van der Waals surface area contributed by atoms with Crippen LogP contribution in [0.2, 0.25) is 5.15 Å². The molecule has 0 aliphatic rings. The van der Waals surface area contributed by atoms with Crippen LogP contribution in [0, 0.1) is 0 Å². The first kappa shape index (κ1) is 13.3. The van der Waals surface area contributed by atoms with Crippen LogP contribution in [0.1, 0.15) is 12.8 Å². The van der Waals surface area contributed by atoms with Crippen molar-refractivity contribution in [2.45, 2.75) is 18.9 Å². The van der Waals surface area contributed by atoms with Crippen LogP contribution in [0.5, 0.6) is 0 Å². The van der Waals surface area contributed by atoms with Gasteiger partial charge in [-0.05, 0) is 6.42 Å². The van der Waals surface area contributed by atoms with Crippen molar-refractivity contribution in [2.24, 2.45) is 5.73 Å². The SMILES string of the molecule is NC(CCC(=O)O)C(=O)Nc1cc(Cl)ncn1. The van der Waals surface area contributed by atoms with Gasteiger partial charge in [0.2, 0.25) is 5.91 Å². The predicted molar refractivity (Wildman–Crippen MR) is 60.5 cm³/mol. The van der Waals surface area contributed by atoms with Gasteiger partial charge in [0.1, 0.15) is 17.3 Å². The number of carboxylic acids is 1. The number of rotatable bonds is 5. The fourth-order valence-electron chi connectivity index (χ4n) is 1.03. The molecule has 1 heterocycles. The number of hydrogen-bond acceptors (Lipinski definition) is 5. The van der Waals surface area contributed by atoms with Crippen LogP contribution in [0.4, 0.5) is 5.82 Å². The predicted octanol–water partition coefficient (Wildman–Crippen LogP) is 0.261. The van der Waals surface area contributed by atoms with Crippen molar-refractivity contribution in [3.05, 3.63) is 17.5 Å². The van der Waals surface area contributed by atoms with E-state index in [9.17, 15) is 9.59 Å². The quantitative estimate of drug-likeness (QED) is 0.652. The number of nitrogens with zero attached hydrogens (tertiary/aromatic N) is 2. The van der Waals surface area contributed by atoms with Gasteiger partial charge in [0.15, 0.2) is 0 Å². The van der Waals surface area contributed by atoms with E-state index in [0.717, 1.165) is 0 Å². The Morgan fingerprint density at radius 2 is 2.24 bits per heavy atom. The molecule has 1 unspecified atom stereocenters. The molecule has 1 atom stereocenters. The molecule has 1 aromatic heterocycles. The Hall–Kier alpha value is -1.73.